The standard InChI is InChI=1S/C15H20FNO4S/c1-10(2)22(19,20)12-5-6-14(16)13(8-12)15(18)17-11-4-3-7-21-9-11/h5-6,8,10-11H,3-4,7,9H2,1-2H3,(H,17,18). The van der Waals surface area contributed by atoms with Gasteiger partial charge in [-0.05, 0) is 44.9 Å². The summed E-state index contributed by atoms with van der Waals surface area (Å²) < 4.78 is 43.4. The molecule has 0 aliphatic carbocycles. The molecular weight excluding hydrogens is 309 g/mol. The maximum Gasteiger partial charge on any atom is 0.254 e. The molecule has 2 rings (SSSR count). The molecule has 122 valence electrons. The van der Waals surface area contributed by atoms with E-state index in [4.69, 9.17) is 4.74 Å². The fraction of sp³-hybridized carbons (Fsp3) is 0.533. The predicted octanol–water partition coefficient (Wildman–Crippen LogP) is 1.92. The van der Waals surface area contributed by atoms with Crippen LogP contribution in [-0.2, 0) is 14.6 Å². The fourth-order valence-electron chi connectivity index (χ4n) is 2.25. The largest absolute Gasteiger partial charge is 0.379 e. The van der Waals surface area contributed by atoms with Crippen LogP contribution in [0.2, 0.25) is 0 Å². The first kappa shape index (κ1) is 16.9. The third-order valence-electron chi connectivity index (χ3n) is 3.63. The number of nitrogens with one attached hydrogen (secondary N) is 1. The van der Waals surface area contributed by atoms with E-state index in [1.807, 2.05) is 0 Å². The molecule has 1 N–H and O–H groups in total. The van der Waals surface area contributed by atoms with E-state index in [1.54, 1.807) is 0 Å². The Morgan fingerprint density at radius 2 is 2.14 bits per heavy atom. The second kappa shape index (κ2) is 6.75. The van der Waals surface area contributed by atoms with Gasteiger partial charge in [0.15, 0.2) is 9.84 Å². The Morgan fingerprint density at radius 3 is 2.73 bits per heavy atom. The summed E-state index contributed by atoms with van der Waals surface area (Å²) in [5.41, 5.74) is -0.257. The second-order valence-electron chi connectivity index (χ2n) is 5.62. The number of carbonyl (C=O) groups is 1. The van der Waals surface area contributed by atoms with Gasteiger partial charge in [0.1, 0.15) is 5.82 Å². The van der Waals surface area contributed by atoms with Crippen LogP contribution in [0.4, 0.5) is 4.39 Å². The molecule has 0 aromatic heterocycles. The normalized spacial score (nSPS) is 19.2. The van der Waals surface area contributed by atoms with Gasteiger partial charge in [0.05, 0.1) is 28.4 Å². The van der Waals surface area contributed by atoms with E-state index in [2.05, 4.69) is 5.32 Å². The van der Waals surface area contributed by atoms with Crippen molar-refractivity contribution >= 4 is 15.7 Å². The van der Waals surface area contributed by atoms with Crippen molar-refractivity contribution in [3.8, 4) is 0 Å². The van der Waals surface area contributed by atoms with E-state index in [-0.39, 0.29) is 16.5 Å². The molecule has 7 heteroatoms. The summed E-state index contributed by atoms with van der Waals surface area (Å²) in [5, 5.41) is 2.05. The third kappa shape index (κ3) is 3.64. The highest BCUT2D eigenvalue weighted by Crippen LogP contribution is 2.20. The lowest BCUT2D eigenvalue weighted by Crippen LogP contribution is -2.41. The Labute approximate surface area is 129 Å². The molecule has 1 aliphatic heterocycles. The van der Waals surface area contributed by atoms with Gasteiger partial charge in [-0.2, -0.15) is 0 Å². The maximum absolute atomic E-state index is 13.9. The van der Waals surface area contributed by atoms with Crippen molar-refractivity contribution in [2.75, 3.05) is 13.2 Å². The van der Waals surface area contributed by atoms with Crippen LogP contribution >= 0.6 is 0 Å². The summed E-state index contributed by atoms with van der Waals surface area (Å²) in [6.45, 7) is 4.12. The van der Waals surface area contributed by atoms with E-state index >= 15 is 0 Å². The van der Waals surface area contributed by atoms with Crippen molar-refractivity contribution in [1.82, 2.24) is 5.32 Å². The minimum absolute atomic E-state index is 0.0473. The molecule has 5 nitrogen and oxygen atoms in total. The van der Waals surface area contributed by atoms with Crippen molar-refractivity contribution in [3.05, 3.63) is 29.6 Å². The van der Waals surface area contributed by atoms with E-state index in [0.29, 0.717) is 13.2 Å². The Morgan fingerprint density at radius 1 is 1.41 bits per heavy atom. The van der Waals surface area contributed by atoms with Gasteiger partial charge < -0.3 is 10.1 Å². The molecule has 0 radical (unpaired) electrons. The lowest BCUT2D eigenvalue weighted by atomic mass is 10.1. The molecule has 1 aliphatic rings. The molecule has 1 aromatic carbocycles. The SMILES string of the molecule is CC(C)S(=O)(=O)c1ccc(F)c(C(=O)NC2CCCOC2)c1. The molecule has 22 heavy (non-hydrogen) atoms. The predicted molar refractivity (Wildman–Crippen MR) is 80.0 cm³/mol. The minimum Gasteiger partial charge on any atom is -0.379 e. The van der Waals surface area contributed by atoms with Gasteiger partial charge in [0.25, 0.3) is 5.91 Å². The average Bonchev–Trinajstić information content (AvgIpc) is 2.48. The highest BCUT2D eigenvalue weighted by Gasteiger charge is 2.24. The van der Waals surface area contributed by atoms with Crippen molar-refractivity contribution in [3.63, 3.8) is 0 Å². The summed E-state index contributed by atoms with van der Waals surface area (Å²) in [4.78, 5) is 12.1. The molecule has 0 bridgehead atoms. The average molecular weight is 329 g/mol. The number of hydrogen-bond donors (Lipinski definition) is 1. The van der Waals surface area contributed by atoms with Gasteiger partial charge in [-0.25, -0.2) is 12.8 Å². The number of benzene rings is 1. The molecule has 0 spiro atoms. The Kier molecular flexibility index (Phi) is 5.18. The number of sulfone groups is 1. The monoisotopic (exact) mass is 329 g/mol. The van der Waals surface area contributed by atoms with Crippen LogP contribution in [-0.4, -0.2) is 38.8 Å². The van der Waals surface area contributed by atoms with Crippen molar-refractivity contribution in [2.24, 2.45) is 0 Å². The molecule has 0 saturated carbocycles. The number of amides is 1. The van der Waals surface area contributed by atoms with E-state index in [1.165, 1.54) is 19.9 Å². The van der Waals surface area contributed by atoms with E-state index < -0.39 is 26.8 Å². The molecule has 1 unspecified atom stereocenters. The number of ether oxygens (including phenoxy) is 1. The summed E-state index contributed by atoms with van der Waals surface area (Å²) in [7, 11) is -3.55. The molecule has 1 heterocycles. The Balaban J connectivity index is 2.24. The number of carbonyl (C=O) groups excluding carboxylic acids is 1. The van der Waals surface area contributed by atoms with Crippen LogP contribution in [0.1, 0.15) is 37.0 Å². The third-order valence-corrected chi connectivity index (χ3v) is 5.78. The first-order valence-electron chi connectivity index (χ1n) is 7.24. The van der Waals surface area contributed by atoms with E-state index in [9.17, 15) is 17.6 Å². The summed E-state index contributed by atoms with van der Waals surface area (Å²) in [5.74, 6) is -1.36. The molecule has 1 aromatic rings. The van der Waals surface area contributed by atoms with Crippen LogP contribution in [0.25, 0.3) is 0 Å². The van der Waals surface area contributed by atoms with Crippen LogP contribution in [0, 0.1) is 5.82 Å². The zero-order valence-corrected chi connectivity index (χ0v) is 13.5. The van der Waals surface area contributed by atoms with Gasteiger partial charge in [-0.15, -0.1) is 0 Å². The molecular formula is C15H20FNO4S. The van der Waals surface area contributed by atoms with Crippen LogP contribution in [0.15, 0.2) is 23.1 Å². The number of halogens is 1. The molecule has 1 fully saturated rings. The zero-order valence-electron chi connectivity index (χ0n) is 12.6. The zero-order chi connectivity index (χ0) is 16.3. The van der Waals surface area contributed by atoms with Gasteiger partial charge in [0, 0.05) is 6.61 Å². The summed E-state index contributed by atoms with van der Waals surface area (Å²) in [6, 6.07) is 3.13. The number of rotatable bonds is 4. The quantitative estimate of drug-likeness (QED) is 0.857. The first-order chi connectivity index (χ1) is 10.3. The second-order valence-corrected chi connectivity index (χ2v) is 8.13. The van der Waals surface area contributed by atoms with Crippen molar-refractivity contribution in [2.45, 2.75) is 42.9 Å². The molecule has 1 saturated heterocycles. The van der Waals surface area contributed by atoms with Crippen LogP contribution in [0.5, 0.6) is 0 Å². The van der Waals surface area contributed by atoms with Crippen LogP contribution < -0.4 is 5.32 Å². The van der Waals surface area contributed by atoms with Crippen LogP contribution in [0.3, 0.4) is 0 Å². The number of hydrogen-bond acceptors (Lipinski definition) is 4. The summed E-state index contributed by atoms with van der Waals surface area (Å²) in [6.07, 6.45) is 1.59. The first-order valence-corrected chi connectivity index (χ1v) is 8.79. The van der Waals surface area contributed by atoms with Gasteiger partial charge >= 0.3 is 0 Å². The lowest BCUT2D eigenvalue weighted by molar-refractivity contribution is 0.0622. The molecule has 1 amide bonds. The topological polar surface area (TPSA) is 72.5 Å². The Bertz CT molecular complexity index is 652. The van der Waals surface area contributed by atoms with Gasteiger partial charge in [-0.3, -0.25) is 4.79 Å². The maximum atomic E-state index is 13.9. The Hall–Kier alpha value is -1.47. The van der Waals surface area contributed by atoms with Gasteiger partial charge in [0.2, 0.25) is 0 Å². The fourth-order valence-corrected chi connectivity index (χ4v) is 3.33. The highest BCUT2D eigenvalue weighted by molar-refractivity contribution is 7.92. The minimum atomic E-state index is -3.55. The molecule has 1 atom stereocenters. The van der Waals surface area contributed by atoms with Gasteiger partial charge in [-0.1, -0.05) is 0 Å². The highest BCUT2D eigenvalue weighted by atomic mass is 32.2. The van der Waals surface area contributed by atoms with E-state index in [0.717, 1.165) is 25.0 Å². The van der Waals surface area contributed by atoms with Crippen molar-refractivity contribution in [1.29, 1.82) is 0 Å². The van der Waals surface area contributed by atoms with Crippen molar-refractivity contribution < 1.29 is 22.3 Å². The summed E-state index contributed by atoms with van der Waals surface area (Å²) >= 11 is 0. The smallest absolute Gasteiger partial charge is 0.254 e. The lowest BCUT2D eigenvalue weighted by Gasteiger charge is -2.23.